The maximum Gasteiger partial charge on any atom is 0.262 e. The number of nitrogens with one attached hydrogen (secondary N) is 2. The summed E-state index contributed by atoms with van der Waals surface area (Å²) in [5, 5.41) is 7.27. The second-order valence-electron chi connectivity index (χ2n) is 10.4. The van der Waals surface area contributed by atoms with Gasteiger partial charge in [0.2, 0.25) is 5.91 Å². The zero-order valence-corrected chi connectivity index (χ0v) is 24.2. The molecule has 0 saturated heterocycles. The molecule has 218 valence electrons. The molecular weight excluding hydrogens is 554 g/mol. The van der Waals surface area contributed by atoms with E-state index in [1.807, 2.05) is 42.5 Å². The second-order valence-corrected chi connectivity index (χ2v) is 12.6. The Hall–Kier alpha value is -4.64. The summed E-state index contributed by atoms with van der Waals surface area (Å²) in [6.45, 7) is 1.58. The summed E-state index contributed by atoms with van der Waals surface area (Å²) in [6.07, 6.45) is 2.85. The topological polar surface area (TPSA) is 144 Å². The number of para-hydroxylation sites is 1. The maximum atomic E-state index is 13.4. The van der Waals surface area contributed by atoms with Gasteiger partial charge < -0.3 is 26.0 Å². The second kappa shape index (κ2) is 12.1. The summed E-state index contributed by atoms with van der Waals surface area (Å²) in [6, 6.07) is 20.5. The number of anilines is 3. The van der Waals surface area contributed by atoms with Gasteiger partial charge in [-0.15, -0.1) is 0 Å². The van der Waals surface area contributed by atoms with Gasteiger partial charge in [0.1, 0.15) is 17.6 Å². The Morgan fingerprint density at radius 1 is 1.05 bits per heavy atom. The molecule has 2 amide bonds. The van der Waals surface area contributed by atoms with Crippen LogP contribution in [0.4, 0.5) is 17.2 Å². The molecule has 5 rings (SSSR count). The number of sulfone groups is 1. The number of fused-ring (bicyclic) bond motifs is 1. The van der Waals surface area contributed by atoms with E-state index in [-0.39, 0.29) is 24.0 Å². The van der Waals surface area contributed by atoms with E-state index in [4.69, 9.17) is 10.5 Å². The molecule has 1 atom stereocenters. The molecule has 1 aliphatic carbocycles. The van der Waals surface area contributed by atoms with E-state index in [1.165, 1.54) is 11.0 Å². The third-order valence-corrected chi connectivity index (χ3v) is 9.42. The highest BCUT2D eigenvalue weighted by Crippen LogP contribution is 2.36. The van der Waals surface area contributed by atoms with Gasteiger partial charge >= 0.3 is 0 Å². The van der Waals surface area contributed by atoms with Crippen molar-refractivity contribution in [3.63, 3.8) is 0 Å². The SMILES string of the molecule is C[C@@H](Nc1ccc2c(N)nccc2c1)C(=O)N(C)Cc1cc(NC(=O)COc2ccccc2)ccc1S(=O)(=O)C1CC1. The first-order chi connectivity index (χ1) is 20.1. The first-order valence-corrected chi connectivity index (χ1v) is 15.2. The molecular formula is C31H33N5O5S. The predicted molar refractivity (Wildman–Crippen MR) is 163 cm³/mol. The van der Waals surface area contributed by atoms with Gasteiger partial charge in [-0.2, -0.15) is 0 Å². The molecule has 1 aromatic heterocycles. The lowest BCUT2D eigenvalue weighted by molar-refractivity contribution is -0.130. The summed E-state index contributed by atoms with van der Waals surface area (Å²) < 4.78 is 32.0. The van der Waals surface area contributed by atoms with E-state index in [0.29, 0.717) is 35.7 Å². The molecule has 0 bridgehead atoms. The van der Waals surface area contributed by atoms with Crippen molar-refractivity contribution in [3.8, 4) is 5.75 Å². The number of pyridine rings is 1. The zero-order valence-electron chi connectivity index (χ0n) is 23.4. The van der Waals surface area contributed by atoms with Crippen molar-refractivity contribution >= 4 is 49.6 Å². The van der Waals surface area contributed by atoms with Crippen molar-refractivity contribution in [1.29, 1.82) is 0 Å². The molecule has 0 spiro atoms. The molecule has 1 aliphatic rings. The number of amides is 2. The van der Waals surface area contributed by atoms with Crippen LogP contribution in [0.1, 0.15) is 25.3 Å². The van der Waals surface area contributed by atoms with Gasteiger partial charge in [-0.05, 0) is 85.3 Å². The molecule has 42 heavy (non-hydrogen) atoms. The average molecular weight is 588 g/mol. The number of ether oxygens (including phenoxy) is 1. The van der Waals surface area contributed by atoms with Gasteiger partial charge in [-0.3, -0.25) is 9.59 Å². The number of hydrogen-bond acceptors (Lipinski definition) is 8. The van der Waals surface area contributed by atoms with Crippen LogP contribution in [-0.2, 0) is 26.0 Å². The van der Waals surface area contributed by atoms with Crippen LogP contribution in [0.15, 0.2) is 83.9 Å². The van der Waals surface area contributed by atoms with Crippen molar-refractivity contribution in [2.24, 2.45) is 0 Å². The van der Waals surface area contributed by atoms with Crippen LogP contribution in [0.2, 0.25) is 0 Å². The Bertz CT molecular complexity index is 1720. The number of carbonyl (C=O) groups is 2. The number of nitrogens with two attached hydrogens (primary N) is 1. The number of carbonyl (C=O) groups excluding carboxylic acids is 2. The maximum absolute atomic E-state index is 13.4. The van der Waals surface area contributed by atoms with Gasteiger partial charge in [-0.1, -0.05) is 18.2 Å². The third kappa shape index (κ3) is 6.63. The molecule has 4 N–H and O–H groups in total. The lowest BCUT2D eigenvalue weighted by Gasteiger charge is -2.24. The van der Waals surface area contributed by atoms with Crippen molar-refractivity contribution in [2.75, 3.05) is 30.0 Å². The number of nitrogen functional groups attached to an aromatic ring is 1. The number of benzene rings is 3. The number of aromatic nitrogens is 1. The van der Waals surface area contributed by atoms with Gasteiger partial charge in [0.25, 0.3) is 5.91 Å². The minimum atomic E-state index is -3.56. The highest BCUT2D eigenvalue weighted by Gasteiger charge is 2.38. The predicted octanol–water partition coefficient (Wildman–Crippen LogP) is 4.23. The molecule has 4 aromatic rings. The number of likely N-dealkylation sites (N-methyl/N-ethyl adjacent to an activating group) is 1. The van der Waals surface area contributed by atoms with Crippen LogP contribution in [0, 0.1) is 0 Å². The zero-order chi connectivity index (χ0) is 29.9. The minimum Gasteiger partial charge on any atom is -0.484 e. The quantitative estimate of drug-likeness (QED) is 0.237. The van der Waals surface area contributed by atoms with E-state index in [9.17, 15) is 18.0 Å². The fraction of sp³-hybridized carbons (Fsp3) is 0.258. The van der Waals surface area contributed by atoms with E-state index >= 15 is 0 Å². The fourth-order valence-electron chi connectivity index (χ4n) is 4.75. The minimum absolute atomic E-state index is 0.0380. The Labute approximate surface area is 244 Å². The van der Waals surface area contributed by atoms with Crippen LogP contribution in [0.25, 0.3) is 10.8 Å². The lowest BCUT2D eigenvalue weighted by Crippen LogP contribution is -2.38. The van der Waals surface area contributed by atoms with Gasteiger partial charge in [0, 0.05) is 36.6 Å². The third-order valence-electron chi connectivity index (χ3n) is 7.06. The van der Waals surface area contributed by atoms with Gasteiger partial charge in [0.15, 0.2) is 16.4 Å². The Morgan fingerprint density at radius 2 is 1.79 bits per heavy atom. The van der Waals surface area contributed by atoms with Crippen molar-refractivity contribution in [1.82, 2.24) is 9.88 Å². The Balaban J connectivity index is 1.30. The van der Waals surface area contributed by atoms with Crippen molar-refractivity contribution in [2.45, 2.75) is 42.5 Å². The number of hydrogen-bond donors (Lipinski definition) is 3. The highest BCUT2D eigenvalue weighted by atomic mass is 32.2. The van der Waals surface area contributed by atoms with Crippen molar-refractivity contribution < 1.29 is 22.7 Å². The van der Waals surface area contributed by atoms with Crippen molar-refractivity contribution in [3.05, 3.63) is 84.6 Å². The molecule has 0 aliphatic heterocycles. The summed E-state index contributed by atoms with van der Waals surface area (Å²) in [5.74, 6) is 0.372. The summed E-state index contributed by atoms with van der Waals surface area (Å²) in [5.41, 5.74) is 7.53. The molecule has 1 saturated carbocycles. The smallest absolute Gasteiger partial charge is 0.262 e. The first kappa shape index (κ1) is 28.9. The Morgan fingerprint density at radius 3 is 2.52 bits per heavy atom. The normalized spacial score (nSPS) is 13.8. The molecule has 1 heterocycles. The summed E-state index contributed by atoms with van der Waals surface area (Å²) in [7, 11) is -1.93. The molecule has 10 nitrogen and oxygen atoms in total. The fourth-order valence-corrected chi connectivity index (χ4v) is 6.61. The Kier molecular flexibility index (Phi) is 8.30. The molecule has 3 aromatic carbocycles. The van der Waals surface area contributed by atoms with E-state index < -0.39 is 27.0 Å². The monoisotopic (exact) mass is 587 g/mol. The van der Waals surface area contributed by atoms with Crippen LogP contribution in [-0.4, -0.2) is 55.1 Å². The molecule has 0 radical (unpaired) electrons. The van der Waals surface area contributed by atoms with Gasteiger partial charge in [-0.25, -0.2) is 13.4 Å². The molecule has 0 unspecified atom stereocenters. The lowest BCUT2D eigenvalue weighted by atomic mass is 10.1. The summed E-state index contributed by atoms with van der Waals surface area (Å²) in [4.78, 5) is 31.7. The molecule has 11 heteroatoms. The van der Waals surface area contributed by atoms with Crippen LogP contribution in [0.5, 0.6) is 5.75 Å². The van der Waals surface area contributed by atoms with E-state index in [1.54, 1.807) is 44.4 Å². The van der Waals surface area contributed by atoms with Gasteiger partial charge in [0.05, 0.1) is 10.1 Å². The van der Waals surface area contributed by atoms with E-state index in [0.717, 1.165) is 16.5 Å². The molecule has 1 fully saturated rings. The number of rotatable bonds is 11. The average Bonchev–Trinajstić information content (AvgIpc) is 3.83. The van der Waals surface area contributed by atoms with Crippen LogP contribution < -0.4 is 21.1 Å². The summed E-state index contributed by atoms with van der Waals surface area (Å²) >= 11 is 0. The number of nitrogens with zero attached hydrogens (tertiary/aromatic N) is 2. The highest BCUT2D eigenvalue weighted by molar-refractivity contribution is 7.92. The van der Waals surface area contributed by atoms with E-state index in [2.05, 4.69) is 15.6 Å². The van der Waals surface area contributed by atoms with Crippen LogP contribution in [0.3, 0.4) is 0 Å². The van der Waals surface area contributed by atoms with Crippen LogP contribution >= 0.6 is 0 Å². The largest absolute Gasteiger partial charge is 0.484 e. The standard InChI is InChI=1S/C31H33N5O5S/c1-20(34-23-8-12-27-21(16-23)14-15-33-30(27)32)31(38)36(2)18-22-17-24(9-13-28(22)42(39,40)26-10-11-26)35-29(37)19-41-25-6-4-3-5-7-25/h3-9,12-17,20,26,34H,10-11,18-19H2,1-2H3,(H2,32,33)(H,35,37)/t20-/m1/s1. The first-order valence-electron chi connectivity index (χ1n) is 13.6.